The van der Waals surface area contributed by atoms with E-state index in [-0.39, 0.29) is 18.1 Å². The summed E-state index contributed by atoms with van der Waals surface area (Å²) in [6, 6.07) is 14.9. The van der Waals surface area contributed by atoms with Gasteiger partial charge >= 0.3 is 0 Å². The normalized spacial score (nSPS) is 15.6. The van der Waals surface area contributed by atoms with Crippen molar-refractivity contribution in [2.24, 2.45) is 0 Å². The van der Waals surface area contributed by atoms with Gasteiger partial charge in [-0.3, -0.25) is 9.59 Å². The molecule has 4 rings (SSSR count). The number of carbonyl (C=O) groups is 2. The highest BCUT2D eigenvalue weighted by atomic mass is 16.5. The number of amides is 1. The predicted octanol–water partition coefficient (Wildman–Crippen LogP) is 4.20. The fourth-order valence-electron chi connectivity index (χ4n) is 3.83. The predicted molar refractivity (Wildman–Crippen MR) is 111 cm³/mol. The Kier molecular flexibility index (Phi) is 4.92. The Morgan fingerprint density at radius 3 is 2.59 bits per heavy atom. The molecular formula is C23H23N3O3. The van der Waals surface area contributed by atoms with Crippen molar-refractivity contribution in [1.29, 1.82) is 0 Å². The molecule has 1 aliphatic rings. The molecule has 0 fully saturated rings. The summed E-state index contributed by atoms with van der Waals surface area (Å²) in [5.74, 6) is 0.467. The maximum absolute atomic E-state index is 13.3. The molecule has 1 aromatic heterocycles. The van der Waals surface area contributed by atoms with E-state index in [9.17, 15) is 9.59 Å². The monoisotopic (exact) mass is 389 g/mol. The molecule has 6 heteroatoms. The summed E-state index contributed by atoms with van der Waals surface area (Å²) in [5, 5.41) is 7.58. The van der Waals surface area contributed by atoms with Crippen molar-refractivity contribution < 1.29 is 14.3 Å². The molecule has 0 bridgehead atoms. The number of para-hydroxylation sites is 1. The number of fused-ring (bicyclic) bond motifs is 1. The second kappa shape index (κ2) is 7.54. The zero-order valence-electron chi connectivity index (χ0n) is 16.7. The summed E-state index contributed by atoms with van der Waals surface area (Å²) >= 11 is 0. The van der Waals surface area contributed by atoms with Crippen LogP contribution in [-0.4, -0.2) is 28.1 Å². The highest BCUT2D eigenvalue weighted by Gasteiger charge is 2.36. The number of aryl methyl sites for hydroxylation is 2. The van der Waals surface area contributed by atoms with E-state index < -0.39 is 5.92 Å². The molecule has 0 saturated carbocycles. The molecular weight excluding hydrogens is 366 g/mol. The summed E-state index contributed by atoms with van der Waals surface area (Å²) in [7, 11) is 0. The van der Waals surface area contributed by atoms with Gasteiger partial charge in [0.05, 0.1) is 23.9 Å². The van der Waals surface area contributed by atoms with Crippen molar-refractivity contribution in [3.05, 3.63) is 70.9 Å². The van der Waals surface area contributed by atoms with Gasteiger partial charge in [0.2, 0.25) is 5.91 Å². The SMILES string of the molecule is CCOc1ccc(C(=O)C2CC(=O)Nc3c2c(C)nn3-c2ccccc2C)cc1. The molecule has 1 aliphatic heterocycles. The lowest BCUT2D eigenvalue weighted by Gasteiger charge is -2.23. The van der Waals surface area contributed by atoms with Gasteiger partial charge < -0.3 is 10.1 Å². The van der Waals surface area contributed by atoms with E-state index in [1.165, 1.54) is 0 Å². The number of nitrogens with one attached hydrogen (secondary N) is 1. The van der Waals surface area contributed by atoms with Crippen LogP contribution in [0.4, 0.5) is 5.82 Å². The van der Waals surface area contributed by atoms with Crippen LogP contribution in [0.5, 0.6) is 5.75 Å². The van der Waals surface area contributed by atoms with Gasteiger partial charge in [-0.05, 0) is 56.7 Å². The maximum Gasteiger partial charge on any atom is 0.226 e. The standard InChI is InChI=1S/C23H23N3O3/c1-4-29-17-11-9-16(10-12-17)22(28)18-13-20(27)24-23-21(18)15(3)25-26(23)19-8-6-5-7-14(19)2/h5-12,18H,4,13H2,1-3H3,(H,24,27). The number of rotatable bonds is 5. The van der Waals surface area contributed by atoms with Gasteiger partial charge in [0.15, 0.2) is 5.78 Å². The van der Waals surface area contributed by atoms with E-state index in [0.717, 1.165) is 28.3 Å². The van der Waals surface area contributed by atoms with Gasteiger partial charge in [-0.2, -0.15) is 5.10 Å². The molecule has 0 spiro atoms. The van der Waals surface area contributed by atoms with Gasteiger partial charge in [0.25, 0.3) is 0 Å². The van der Waals surface area contributed by atoms with Crippen LogP contribution in [0, 0.1) is 13.8 Å². The third-order valence-corrected chi connectivity index (χ3v) is 5.21. The number of ether oxygens (including phenoxy) is 1. The Morgan fingerprint density at radius 2 is 1.90 bits per heavy atom. The number of ketones is 1. The molecule has 2 aromatic carbocycles. The summed E-state index contributed by atoms with van der Waals surface area (Å²) in [4.78, 5) is 25.7. The number of carbonyl (C=O) groups excluding carboxylic acids is 2. The first kappa shape index (κ1) is 18.9. The van der Waals surface area contributed by atoms with E-state index in [1.807, 2.05) is 45.0 Å². The Balaban J connectivity index is 1.76. The van der Waals surface area contributed by atoms with Gasteiger partial charge in [-0.25, -0.2) is 4.68 Å². The summed E-state index contributed by atoms with van der Waals surface area (Å²) in [6.07, 6.45) is 0.110. The van der Waals surface area contributed by atoms with Crippen molar-refractivity contribution in [1.82, 2.24) is 9.78 Å². The van der Waals surface area contributed by atoms with Gasteiger partial charge in [-0.1, -0.05) is 18.2 Å². The molecule has 1 atom stereocenters. The van der Waals surface area contributed by atoms with Crippen molar-refractivity contribution >= 4 is 17.5 Å². The third kappa shape index (κ3) is 3.42. The zero-order chi connectivity index (χ0) is 20.5. The lowest BCUT2D eigenvalue weighted by Crippen LogP contribution is -2.28. The molecule has 0 radical (unpaired) electrons. The number of hydrogen-bond acceptors (Lipinski definition) is 4. The zero-order valence-corrected chi connectivity index (χ0v) is 16.7. The van der Waals surface area contributed by atoms with Gasteiger partial charge in [0, 0.05) is 17.5 Å². The molecule has 0 saturated heterocycles. The molecule has 1 unspecified atom stereocenters. The van der Waals surface area contributed by atoms with E-state index in [2.05, 4.69) is 10.4 Å². The number of Topliss-reactive ketones (excluding diaryl/α,β-unsaturated/α-hetero) is 1. The lowest BCUT2D eigenvalue weighted by molar-refractivity contribution is -0.116. The second-order valence-electron chi connectivity index (χ2n) is 7.17. The number of aromatic nitrogens is 2. The van der Waals surface area contributed by atoms with Crippen molar-refractivity contribution in [2.75, 3.05) is 11.9 Å². The third-order valence-electron chi connectivity index (χ3n) is 5.21. The maximum atomic E-state index is 13.3. The molecule has 29 heavy (non-hydrogen) atoms. The Bertz CT molecular complexity index is 1080. The summed E-state index contributed by atoms with van der Waals surface area (Å²) < 4.78 is 7.18. The topological polar surface area (TPSA) is 73.2 Å². The Labute approximate surface area is 169 Å². The first-order chi connectivity index (χ1) is 14.0. The van der Waals surface area contributed by atoms with Crippen LogP contribution in [0.1, 0.15) is 46.4 Å². The van der Waals surface area contributed by atoms with Crippen LogP contribution in [0.25, 0.3) is 5.69 Å². The minimum absolute atomic E-state index is 0.0865. The average molecular weight is 389 g/mol. The Hall–Kier alpha value is -3.41. The van der Waals surface area contributed by atoms with Crippen molar-refractivity contribution in [2.45, 2.75) is 33.1 Å². The van der Waals surface area contributed by atoms with Crippen molar-refractivity contribution in [3.63, 3.8) is 0 Å². The molecule has 0 aliphatic carbocycles. The van der Waals surface area contributed by atoms with E-state index in [4.69, 9.17) is 4.74 Å². The van der Waals surface area contributed by atoms with E-state index in [1.54, 1.807) is 28.9 Å². The number of benzene rings is 2. The second-order valence-corrected chi connectivity index (χ2v) is 7.17. The van der Waals surface area contributed by atoms with Crippen molar-refractivity contribution in [3.8, 4) is 11.4 Å². The van der Waals surface area contributed by atoms with Crippen LogP contribution in [0.15, 0.2) is 48.5 Å². The smallest absolute Gasteiger partial charge is 0.226 e. The Morgan fingerprint density at radius 1 is 1.17 bits per heavy atom. The molecule has 2 heterocycles. The minimum Gasteiger partial charge on any atom is -0.494 e. The molecule has 1 N–H and O–H groups in total. The van der Waals surface area contributed by atoms with Gasteiger partial charge in [0.1, 0.15) is 11.6 Å². The van der Waals surface area contributed by atoms with Crippen LogP contribution in [0.3, 0.4) is 0 Å². The number of nitrogens with zero attached hydrogens (tertiary/aromatic N) is 2. The van der Waals surface area contributed by atoms with E-state index in [0.29, 0.717) is 18.0 Å². The van der Waals surface area contributed by atoms with E-state index >= 15 is 0 Å². The average Bonchev–Trinajstić information content (AvgIpc) is 3.04. The first-order valence-electron chi connectivity index (χ1n) is 9.72. The van der Waals surface area contributed by atoms with Crippen LogP contribution in [0.2, 0.25) is 0 Å². The fourth-order valence-corrected chi connectivity index (χ4v) is 3.83. The largest absolute Gasteiger partial charge is 0.494 e. The number of anilines is 1. The first-order valence-corrected chi connectivity index (χ1v) is 9.72. The summed E-state index contributed by atoms with van der Waals surface area (Å²) in [5.41, 5.74) is 4.00. The fraction of sp³-hybridized carbons (Fsp3) is 0.261. The summed E-state index contributed by atoms with van der Waals surface area (Å²) in [6.45, 7) is 6.35. The van der Waals surface area contributed by atoms with Crippen LogP contribution in [-0.2, 0) is 4.79 Å². The van der Waals surface area contributed by atoms with Gasteiger partial charge in [-0.15, -0.1) is 0 Å². The molecule has 3 aromatic rings. The quantitative estimate of drug-likeness (QED) is 0.664. The highest BCUT2D eigenvalue weighted by molar-refractivity contribution is 6.08. The van der Waals surface area contributed by atoms with Crippen LogP contribution >= 0.6 is 0 Å². The molecule has 6 nitrogen and oxygen atoms in total. The molecule has 148 valence electrons. The lowest BCUT2D eigenvalue weighted by atomic mass is 9.85. The minimum atomic E-state index is -0.561. The molecule has 1 amide bonds. The van der Waals surface area contributed by atoms with Crippen LogP contribution < -0.4 is 10.1 Å². The number of hydrogen-bond donors (Lipinski definition) is 1. The highest BCUT2D eigenvalue weighted by Crippen LogP contribution is 2.38.